The van der Waals surface area contributed by atoms with Crippen molar-refractivity contribution in [3.63, 3.8) is 0 Å². The van der Waals surface area contributed by atoms with Crippen LogP contribution in [0.15, 0.2) is 6.20 Å². The molecule has 9 heteroatoms. The Morgan fingerprint density at radius 3 is 2.63 bits per heavy atom. The number of aromatic nitrogens is 2. The van der Waals surface area contributed by atoms with Gasteiger partial charge in [-0.1, -0.05) is 18.8 Å². The molecular formula is C21H32FN5O3. The van der Waals surface area contributed by atoms with Gasteiger partial charge >= 0.3 is 12.2 Å². The Labute approximate surface area is 178 Å². The molecule has 166 valence electrons. The number of hydrogen-bond acceptors (Lipinski definition) is 6. The molecule has 0 atom stereocenters. The monoisotopic (exact) mass is 421 g/mol. The van der Waals surface area contributed by atoms with Gasteiger partial charge in [-0.15, -0.1) is 0 Å². The molecule has 0 bridgehead atoms. The molecule has 0 spiro atoms. The summed E-state index contributed by atoms with van der Waals surface area (Å²) in [5.41, 5.74) is -0.0447. The minimum atomic E-state index is -0.780. The third kappa shape index (κ3) is 9.54. The Balaban J connectivity index is 2.45. The Morgan fingerprint density at radius 2 is 2.00 bits per heavy atom. The zero-order chi connectivity index (χ0) is 22.7. The van der Waals surface area contributed by atoms with Gasteiger partial charge < -0.3 is 19.9 Å². The van der Waals surface area contributed by atoms with Crippen LogP contribution in [0.3, 0.4) is 0 Å². The minimum absolute atomic E-state index is 0.0827. The van der Waals surface area contributed by atoms with E-state index in [1.165, 1.54) is 18.1 Å². The summed E-state index contributed by atoms with van der Waals surface area (Å²) in [5, 5.41) is 2.75. The van der Waals surface area contributed by atoms with E-state index in [0.29, 0.717) is 30.8 Å². The maximum atomic E-state index is 13.4. The standard InChI is InChI=1S/C21H32FN5O3/c1-7-13-26(5)18-16(14-24-19(22)25-18)11-9-8-10-12-23-17(28)15-27(6)20(29)30-21(2,3)4/h14H,7-8,10,12-13,15H2,1-6H3,(H,23,28). The second kappa shape index (κ2) is 12.0. The molecule has 8 nitrogen and oxygen atoms in total. The first-order valence-corrected chi connectivity index (χ1v) is 9.97. The maximum absolute atomic E-state index is 13.4. The normalized spacial score (nSPS) is 10.6. The van der Waals surface area contributed by atoms with Crippen molar-refractivity contribution in [1.29, 1.82) is 0 Å². The lowest BCUT2D eigenvalue weighted by atomic mass is 10.2. The van der Waals surface area contributed by atoms with Gasteiger partial charge in [-0.3, -0.25) is 4.79 Å². The molecule has 1 heterocycles. The molecule has 1 N–H and O–H groups in total. The van der Waals surface area contributed by atoms with E-state index in [9.17, 15) is 14.0 Å². The topological polar surface area (TPSA) is 87.7 Å². The van der Waals surface area contributed by atoms with Crippen LogP contribution in [0.5, 0.6) is 0 Å². The number of nitrogens with one attached hydrogen (secondary N) is 1. The molecule has 0 aliphatic carbocycles. The molecule has 0 unspecified atom stereocenters. The van der Waals surface area contributed by atoms with Crippen molar-refractivity contribution in [2.24, 2.45) is 0 Å². The Hall–Kier alpha value is -2.89. The van der Waals surface area contributed by atoms with Crippen LogP contribution >= 0.6 is 0 Å². The summed E-state index contributed by atoms with van der Waals surface area (Å²) in [6.07, 6.45) is 2.13. The second-order valence-corrected chi connectivity index (χ2v) is 7.89. The predicted molar refractivity (Wildman–Crippen MR) is 114 cm³/mol. The fourth-order valence-corrected chi connectivity index (χ4v) is 2.41. The highest BCUT2D eigenvalue weighted by molar-refractivity contribution is 5.82. The summed E-state index contributed by atoms with van der Waals surface area (Å²) in [7, 11) is 3.34. The van der Waals surface area contributed by atoms with Crippen LogP contribution in [0.1, 0.15) is 52.5 Å². The van der Waals surface area contributed by atoms with Crippen LogP contribution in [0.4, 0.5) is 15.0 Å². The molecule has 0 radical (unpaired) electrons. The van der Waals surface area contributed by atoms with Crippen LogP contribution < -0.4 is 10.2 Å². The number of amides is 2. The van der Waals surface area contributed by atoms with E-state index < -0.39 is 17.8 Å². The number of hydrogen-bond donors (Lipinski definition) is 1. The van der Waals surface area contributed by atoms with Crippen molar-refractivity contribution in [3.05, 3.63) is 17.8 Å². The van der Waals surface area contributed by atoms with Gasteiger partial charge in [-0.25, -0.2) is 9.78 Å². The number of likely N-dealkylation sites (N-methyl/N-ethyl adjacent to an activating group) is 1. The summed E-state index contributed by atoms with van der Waals surface area (Å²) in [4.78, 5) is 34.3. The highest BCUT2D eigenvalue weighted by atomic mass is 19.1. The fraction of sp³-hybridized carbons (Fsp3) is 0.619. The van der Waals surface area contributed by atoms with E-state index in [2.05, 4.69) is 27.1 Å². The van der Waals surface area contributed by atoms with Gasteiger partial charge in [0.05, 0.1) is 11.8 Å². The van der Waals surface area contributed by atoms with Crippen LogP contribution in [-0.2, 0) is 9.53 Å². The van der Waals surface area contributed by atoms with Crippen LogP contribution in [0.2, 0.25) is 0 Å². The summed E-state index contributed by atoms with van der Waals surface area (Å²) < 4.78 is 18.6. The Bertz CT molecular complexity index is 783. The highest BCUT2D eigenvalue weighted by Gasteiger charge is 2.20. The Morgan fingerprint density at radius 1 is 1.30 bits per heavy atom. The summed E-state index contributed by atoms with van der Waals surface area (Å²) in [6.45, 7) is 8.40. The number of rotatable bonds is 8. The Kier molecular flexibility index (Phi) is 10.0. The van der Waals surface area contributed by atoms with Gasteiger partial charge in [0.25, 0.3) is 0 Å². The van der Waals surface area contributed by atoms with E-state index in [-0.39, 0.29) is 12.5 Å². The molecule has 1 aromatic rings. The van der Waals surface area contributed by atoms with Gasteiger partial charge in [0.2, 0.25) is 5.91 Å². The van der Waals surface area contributed by atoms with E-state index in [4.69, 9.17) is 4.74 Å². The third-order valence-electron chi connectivity index (χ3n) is 3.77. The lowest BCUT2D eigenvalue weighted by molar-refractivity contribution is -0.122. The number of ether oxygens (including phenoxy) is 1. The first kappa shape index (κ1) is 25.1. The molecule has 0 aliphatic heterocycles. The molecule has 1 aromatic heterocycles. The molecule has 30 heavy (non-hydrogen) atoms. The van der Waals surface area contributed by atoms with Crippen molar-refractivity contribution in [2.75, 3.05) is 38.6 Å². The number of halogens is 1. The number of nitrogens with zero attached hydrogens (tertiary/aromatic N) is 4. The van der Waals surface area contributed by atoms with Crippen molar-refractivity contribution in [3.8, 4) is 11.8 Å². The average molecular weight is 422 g/mol. The van der Waals surface area contributed by atoms with Crippen LogP contribution in [0.25, 0.3) is 0 Å². The smallest absolute Gasteiger partial charge is 0.410 e. The molecule has 0 aliphatic rings. The molecule has 0 fully saturated rings. The van der Waals surface area contributed by atoms with Crippen LogP contribution in [-0.4, -0.2) is 66.2 Å². The van der Waals surface area contributed by atoms with Gasteiger partial charge in [0, 0.05) is 33.6 Å². The quantitative estimate of drug-likeness (QED) is 0.394. The summed E-state index contributed by atoms with van der Waals surface area (Å²) in [6, 6.07) is 0. The predicted octanol–water partition coefficient (Wildman–Crippen LogP) is 2.58. The average Bonchev–Trinajstić information content (AvgIpc) is 2.64. The lowest BCUT2D eigenvalue weighted by Crippen LogP contribution is -2.41. The van der Waals surface area contributed by atoms with E-state index in [0.717, 1.165) is 13.0 Å². The maximum Gasteiger partial charge on any atom is 0.410 e. The highest BCUT2D eigenvalue weighted by Crippen LogP contribution is 2.15. The van der Waals surface area contributed by atoms with Crippen molar-refractivity contribution < 1.29 is 18.7 Å². The number of carbonyl (C=O) groups is 2. The van der Waals surface area contributed by atoms with Gasteiger partial charge in [0.1, 0.15) is 12.1 Å². The third-order valence-corrected chi connectivity index (χ3v) is 3.77. The molecular weight excluding hydrogens is 389 g/mol. The summed E-state index contributed by atoms with van der Waals surface area (Å²) >= 11 is 0. The number of carbonyl (C=O) groups excluding carboxylic acids is 2. The summed E-state index contributed by atoms with van der Waals surface area (Å²) in [5.74, 6) is 6.17. The SMILES string of the molecule is CCCN(C)c1nc(F)ncc1C#CCCCNC(=O)CN(C)C(=O)OC(C)(C)C. The van der Waals surface area contributed by atoms with Crippen molar-refractivity contribution in [2.45, 2.75) is 52.6 Å². The first-order chi connectivity index (χ1) is 14.0. The zero-order valence-electron chi connectivity index (χ0n) is 18.7. The number of unbranched alkanes of at least 4 members (excludes halogenated alkanes) is 1. The van der Waals surface area contributed by atoms with E-state index >= 15 is 0 Å². The number of anilines is 1. The van der Waals surface area contributed by atoms with Crippen LogP contribution in [0, 0.1) is 17.9 Å². The molecule has 0 saturated carbocycles. The van der Waals surface area contributed by atoms with E-state index in [1.807, 2.05) is 18.9 Å². The fourth-order valence-electron chi connectivity index (χ4n) is 2.41. The van der Waals surface area contributed by atoms with Gasteiger partial charge in [-0.2, -0.15) is 9.37 Å². The minimum Gasteiger partial charge on any atom is -0.444 e. The lowest BCUT2D eigenvalue weighted by Gasteiger charge is -2.24. The largest absolute Gasteiger partial charge is 0.444 e. The van der Waals surface area contributed by atoms with Gasteiger partial charge in [-0.05, 0) is 33.6 Å². The molecule has 2 amide bonds. The second-order valence-electron chi connectivity index (χ2n) is 7.89. The molecule has 0 aromatic carbocycles. The zero-order valence-corrected chi connectivity index (χ0v) is 18.7. The van der Waals surface area contributed by atoms with E-state index in [1.54, 1.807) is 20.8 Å². The van der Waals surface area contributed by atoms with Crippen molar-refractivity contribution in [1.82, 2.24) is 20.2 Å². The van der Waals surface area contributed by atoms with Crippen molar-refractivity contribution >= 4 is 17.8 Å². The first-order valence-electron chi connectivity index (χ1n) is 9.97. The molecule has 0 saturated heterocycles. The molecule has 1 rings (SSSR count). The van der Waals surface area contributed by atoms with Gasteiger partial charge in [0.15, 0.2) is 5.82 Å².